The number of rotatable bonds is 3. The molecule has 2 aromatic heterocycles. The number of hydrogen-bond acceptors (Lipinski definition) is 7. The van der Waals surface area contributed by atoms with Gasteiger partial charge in [0, 0.05) is 5.56 Å². The molecular weight excluding hydrogens is 447 g/mol. The van der Waals surface area contributed by atoms with Gasteiger partial charge >= 0.3 is 5.69 Å². The molecule has 5 rings (SSSR count). The molecule has 1 amide bonds. The molecule has 1 spiro atoms. The third-order valence-electron chi connectivity index (χ3n) is 5.18. The number of aromatic nitrogens is 4. The van der Waals surface area contributed by atoms with E-state index in [1.54, 1.807) is 12.1 Å². The number of nitriles is 1. The van der Waals surface area contributed by atoms with Crippen molar-refractivity contribution in [3.63, 3.8) is 0 Å². The summed E-state index contributed by atoms with van der Waals surface area (Å²) in [4.78, 5) is 42.0. The fourth-order valence-electron chi connectivity index (χ4n) is 3.47. The Hall–Kier alpha value is -3.68. The van der Waals surface area contributed by atoms with Gasteiger partial charge in [-0.05, 0) is 31.0 Å². The van der Waals surface area contributed by atoms with Crippen LogP contribution in [0.25, 0.3) is 5.69 Å². The van der Waals surface area contributed by atoms with Crippen LogP contribution in [0.4, 0.5) is 5.82 Å². The van der Waals surface area contributed by atoms with E-state index >= 15 is 0 Å². The fourth-order valence-corrected chi connectivity index (χ4v) is 4.02. The average Bonchev–Trinajstić information content (AvgIpc) is 3.48. The zero-order chi connectivity index (χ0) is 21.9. The standard InChI is InChI=1S/C19H10Cl2N6O4/c20-11-3-8(27-18(30)25-16(28)13(6-22)26-27)4-12(21)14(11)31-9-5-10-15(23-7-9)24-17(29)19(10)1-2-19/h3-5,7H,1-2H2,(H,23,24,29)(H,25,28,30). The molecule has 1 aliphatic carbocycles. The van der Waals surface area contributed by atoms with Crippen molar-refractivity contribution in [3.05, 3.63) is 66.5 Å². The van der Waals surface area contributed by atoms with Gasteiger partial charge in [0.15, 0.2) is 5.75 Å². The van der Waals surface area contributed by atoms with Gasteiger partial charge < -0.3 is 10.1 Å². The topological polar surface area (TPSA) is 143 Å². The van der Waals surface area contributed by atoms with Crippen LogP contribution in [-0.2, 0) is 10.2 Å². The molecule has 3 aromatic rings. The molecule has 0 saturated heterocycles. The minimum Gasteiger partial charge on any atom is -0.453 e. The van der Waals surface area contributed by atoms with Crippen LogP contribution in [0.3, 0.4) is 0 Å². The largest absolute Gasteiger partial charge is 0.453 e. The second-order valence-corrected chi connectivity index (χ2v) is 7.89. The third-order valence-corrected chi connectivity index (χ3v) is 5.74. The minimum absolute atomic E-state index is 0.0525. The molecule has 0 atom stereocenters. The second-order valence-electron chi connectivity index (χ2n) is 7.08. The van der Waals surface area contributed by atoms with Crippen LogP contribution in [0, 0.1) is 11.3 Å². The first-order chi connectivity index (χ1) is 14.8. The highest BCUT2D eigenvalue weighted by atomic mass is 35.5. The van der Waals surface area contributed by atoms with Crippen LogP contribution >= 0.6 is 23.2 Å². The summed E-state index contributed by atoms with van der Waals surface area (Å²) in [6, 6.07) is 6.03. The highest BCUT2D eigenvalue weighted by Crippen LogP contribution is 2.55. The van der Waals surface area contributed by atoms with Gasteiger partial charge in [-0.15, -0.1) is 5.10 Å². The molecule has 10 nitrogen and oxygen atoms in total. The Balaban J connectivity index is 1.52. The van der Waals surface area contributed by atoms with Gasteiger partial charge in [0.25, 0.3) is 5.56 Å². The fraction of sp³-hybridized carbons (Fsp3) is 0.158. The number of nitrogens with one attached hydrogen (secondary N) is 2. The molecule has 1 aromatic carbocycles. The van der Waals surface area contributed by atoms with Crippen LogP contribution < -0.4 is 21.3 Å². The molecule has 12 heteroatoms. The Kier molecular flexibility index (Phi) is 4.15. The number of fused-ring (bicyclic) bond motifs is 2. The molecule has 1 saturated carbocycles. The number of aromatic amines is 1. The van der Waals surface area contributed by atoms with E-state index in [0.29, 0.717) is 11.6 Å². The molecule has 154 valence electrons. The summed E-state index contributed by atoms with van der Waals surface area (Å²) >= 11 is 12.6. The molecule has 0 radical (unpaired) electrons. The van der Waals surface area contributed by atoms with Crippen molar-refractivity contribution >= 4 is 34.9 Å². The van der Waals surface area contributed by atoms with Gasteiger partial charge in [-0.25, -0.2) is 9.78 Å². The maximum Gasteiger partial charge on any atom is 0.349 e. The summed E-state index contributed by atoms with van der Waals surface area (Å²) in [6.45, 7) is 0. The van der Waals surface area contributed by atoms with Gasteiger partial charge in [0.05, 0.1) is 27.3 Å². The van der Waals surface area contributed by atoms with Crippen molar-refractivity contribution < 1.29 is 9.53 Å². The normalized spacial score (nSPS) is 15.3. The van der Waals surface area contributed by atoms with Gasteiger partial charge in [-0.2, -0.15) is 9.94 Å². The smallest absolute Gasteiger partial charge is 0.349 e. The molecule has 0 unspecified atom stereocenters. The first-order valence-electron chi connectivity index (χ1n) is 8.95. The van der Waals surface area contributed by atoms with Crippen molar-refractivity contribution in [2.45, 2.75) is 18.3 Å². The zero-order valence-corrected chi connectivity index (χ0v) is 16.9. The summed E-state index contributed by atoms with van der Waals surface area (Å²) in [6.07, 6.45) is 2.94. The number of amides is 1. The van der Waals surface area contributed by atoms with Crippen LogP contribution in [-0.4, -0.2) is 25.7 Å². The van der Waals surface area contributed by atoms with E-state index < -0.39 is 22.4 Å². The summed E-state index contributed by atoms with van der Waals surface area (Å²) < 4.78 is 6.62. The van der Waals surface area contributed by atoms with Gasteiger partial charge in [-0.1, -0.05) is 23.2 Å². The van der Waals surface area contributed by atoms with E-state index in [1.165, 1.54) is 18.3 Å². The van der Waals surface area contributed by atoms with Crippen molar-refractivity contribution in [1.29, 1.82) is 5.26 Å². The first kappa shape index (κ1) is 19.3. The highest BCUT2D eigenvalue weighted by Gasteiger charge is 2.57. The maximum atomic E-state index is 12.1. The van der Waals surface area contributed by atoms with Crippen LogP contribution in [0.2, 0.25) is 10.0 Å². The quantitative estimate of drug-likeness (QED) is 0.614. The Morgan fingerprint density at radius 1 is 1.16 bits per heavy atom. The Labute approximate surface area is 183 Å². The molecule has 31 heavy (non-hydrogen) atoms. The van der Waals surface area contributed by atoms with E-state index in [9.17, 15) is 14.4 Å². The number of ether oxygens (including phenoxy) is 1. The number of carbonyl (C=O) groups excluding carboxylic acids is 1. The van der Waals surface area contributed by atoms with Crippen LogP contribution in [0.15, 0.2) is 34.0 Å². The third kappa shape index (κ3) is 2.98. The zero-order valence-electron chi connectivity index (χ0n) is 15.4. The van der Waals surface area contributed by atoms with E-state index in [1.807, 2.05) is 4.98 Å². The minimum atomic E-state index is -0.897. The number of halogens is 2. The number of pyridine rings is 1. The molecular formula is C19H10Cl2N6O4. The number of carbonyl (C=O) groups is 1. The van der Waals surface area contributed by atoms with Gasteiger partial charge in [0.1, 0.15) is 17.6 Å². The van der Waals surface area contributed by atoms with Crippen molar-refractivity contribution in [2.75, 3.05) is 5.32 Å². The molecule has 2 N–H and O–H groups in total. The molecule has 1 fully saturated rings. The number of H-pyrrole nitrogens is 1. The summed E-state index contributed by atoms with van der Waals surface area (Å²) in [5.41, 5.74) is -1.89. The predicted molar refractivity (Wildman–Crippen MR) is 109 cm³/mol. The van der Waals surface area contributed by atoms with Crippen molar-refractivity contribution in [3.8, 4) is 23.3 Å². The monoisotopic (exact) mass is 456 g/mol. The summed E-state index contributed by atoms with van der Waals surface area (Å²) in [5, 5.41) is 15.6. The molecule has 1 aliphatic heterocycles. The number of anilines is 1. The molecule has 2 aliphatic rings. The van der Waals surface area contributed by atoms with E-state index in [2.05, 4.69) is 15.4 Å². The molecule has 3 heterocycles. The highest BCUT2D eigenvalue weighted by molar-refractivity contribution is 6.37. The van der Waals surface area contributed by atoms with Gasteiger partial charge in [-0.3, -0.25) is 14.6 Å². The van der Waals surface area contributed by atoms with Crippen LogP contribution in [0.1, 0.15) is 24.1 Å². The van der Waals surface area contributed by atoms with Crippen LogP contribution in [0.5, 0.6) is 11.5 Å². The lowest BCUT2D eigenvalue weighted by Gasteiger charge is -2.13. The van der Waals surface area contributed by atoms with Crippen molar-refractivity contribution in [1.82, 2.24) is 19.7 Å². The Morgan fingerprint density at radius 3 is 2.52 bits per heavy atom. The lowest BCUT2D eigenvalue weighted by molar-refractivity contribution is -0.117. The maximum absolute atomic E-state index is 12.1. The SMILES string of the molecule is N#Cc1nn(-c2cc(Cl)c(Oc3cnc4c(c3)C3(CC3)C(=O)N4)c(Cl)c2)c(=O)[nH]c1=O. The number of nitrogens with zero attached hydrogens (tertiary/aromatic N) is 4. The summed E-state index contributed by atoms with van der Waals surface area (Å²) in [7, 11) is 0. The molecule has 0 bridgehead atoms. The Morgan fingerprint density at radius 2 is 1.87 bits per heavy atom. The van der Waals surface area contributed by atoms with E-state index in [-0.39, 0.29) is 27.4 Å². The average molecular weight is 457 g/mol. The van der Waals surface area contributed by atoms with Gasteiger partial charge in [0.2, 0.25) is 11.6 Å². The van der Waals surface area contributed by atoms with E-state index in [4.69, 9.17) is 33.2 Å². The second kappa shape index (κ2) is 6.66. The van der Waals surface area contributed by atoms with E-state index in [0.717, 1.165) is 23.1 Å². The summed E-state index contributed by atoms with van der Waals surface area (Å²) in [5.74, 6) is 0.889. The first-order valence-corrected chi connectivity index (χ1v) is 9.71. The lowest BCUT2D eigenvalue weighted by Crippen LogP contribution is -2.33. The van der Waals surface area contributed by atoms with Crippen molar-refractivity contribution in [2.24, 2.45) is 0 Å². The Bertz CT molecular complexity index is 1430. The lowest BCUT2D eigenvalue weighted by atomic mass is 10.00. The number of hydrogen-bond donors (Lipinski definition) is 2. The predicted octanol–water partition coefficient (Wildman–Crippen LogP) is 2.27. The number of benzene rings is 1.